The van der Waals surface area contributed by atoms with Gasteiger partial charge in [0.2, 0.25) is 5.91 Å². The Bertz CT molecular complexity index is 1070. The van der Waals surface area contributed by atoms with Crippen molar-refractivity contribution in [3.8, 4) is 11.6 Å². The Hall–Kier alpha value is -3.35. The maximum atomic E-state index is 13.1. The van der Waals surface area contributed by atoms with E-state index < -0.39 is 0 Å². The maximum absolute atomic E-state index is 13.1. The number of rotatable bonds is 5. The van der Waals surface area contributed by atoms with Crippen molar-refractivity contribution in [1.82, 2.24) is 24.8 Å². The Balaban J connectivity index is 1.53. The summed E-state index contributed by atoms with van der Waals surface area (Å²) in [6.07, 6.45) is 7.18. The smallest absolute Gasteiger partial charge is 0.255 e. The summed E-state index contributed by atoms with van der Waals surface area (Å²) in [6.45, 7) is 2.48. The molecule has 0 aliphatic carbocycles. The van der Waals surface area contributed by atoms with Crippen LogP contribution in [0.1, 0.15) is 36.1 Å². The standard InChI is InChI=1S/C23H25N5O2/c1-16-19(23(30)27-22(26-16)21-24-11-7-12-25-21)15-20(29)28-13-6-5-10-18(28)14-17-8-3-2-4-9-17/h2-4,7-9,11-12,18H,5-6,10,13-15H2,1H3,(H,26,27,30). The van der Waals surface area contributed by atoms with E-state index in [1.165, 1.54) is 5.56 Å². The third kappa shape index (κ3) is 4.45. The number of nitrogens with zero attached hydrogens (tertiary/aromatic N) is 4. The van der Waals surface area contributed by atoms with Crippen LogP contribution < -0.4 is 5.56 Å². The first-order valence-electron chi connectivity index (χ1n) is 10.3. The van der Waals surface area contributed by atoms with Gasteiger partial charge in [-0.05, 0) is 44.2 Å². The van der Waals surface area contributed by atoms with Crippen molar-refractivity contribution in [2.45, 2.75) is 45.1 Å². The highest BCUT2D eigenvalue weighted by Gasteiger charge is 2.28. The number of carbonyl (C=O) groups is 1. The molecule has 1 unspecified atom stereocenters. The summed E-state index contributed by atoms with van der Waals surface area (Å²) in [7, 11) is 0. The fraction of sp³-hybridized carbons (Fsp3) is 0.348. The van der Waals surface area contributed by atoms with E-state index in [2.05, 4.69) is 32.1 Å². The number of H-pyrrole nitrogens is 1. The van der Waals surface area contributed by atoms with Gasteiger partial charge in [0, 0.05) is 36.2 Å². The summed E-state index contributed by atoms with van der Waals surface area (Å²) in [4.78, 5) is 43.2. The molecule has 1 saturated heterocycles. The monoisotopic (exact) mass is 403 g/mol. The fourth-order valence-electron chi connectivity index (χ4n) is 4.03. The molecule has 2 aromatic heterocycles. The quantitative estimate of drug-likeness (QED) is 0.707. The molecule has 3 heterocycles. The molecule has 1 amide bonds. The molecule has 0 bridgehead atoms. The van der Waals surface area contributed by atoms with Gasteiger partial charge in [-0.25, -0.2) is 15.0 Å². The normalized spacial score (nSPS) is 16.4. The molecule has 4 rings (SSSR count). The van der Waals surface area contributed by atoms with Gasteiger partial charge in [-0.2, -0.15) is 0 Å². The molecule has 3 aromatic rings. The Morgan fingerprint density at radius 3 is 2.63 bits per heavy atom. The largest absolute Gasteiger partial charge is 0.339 e. The molecular formula is C23H25N5O2. The van der Waals surface area contributed by atoms with E-state index in [0.29, 0.717) is 22.9 Å². The van der Waals surface area contributed by atoms with E-state index in [-0.39, 0.29) is 23.9 Å². The summed E-state index contributed by atoms with van der Waals surface area (Å²) >= 11 is 0. The number of carbonyl (C=O) groups excluding carboxylic acids is 1. The van der Waals surface area contributed by atoms with Gasteiger partial charge in [0.1, 0.15) is 0 Å². The Labute approximate surface area is 175 Å². The first-order valence-corrected chi connectivity index (χ1v) is 10.3. The second kappa shape index (κ2) is 8.98. The summed E-state index contributed by atoms with van der Waals surface area (Å²) < 4.78 is 0. The van der Waals surface area contributed by atoms with Crippen LogP contribution in [0.2, 0.25) is 0 Å². The van der Waals surface area contributed by atoms with Crippen molar-refractivity contribution in [3.63, 3.8) is 0 Å². The van der Waals surface area contributed by atoms with Gasteiger partial charge in [0.25, 0.3) is 5.56 Å². The van der Waals surface area contributed by atoms with Gasteiger partial charge in [-0.1, -0.05) is 30.3 Å². The van der Waals surface area contributed by atoms with Crippen molar-refractivity contribution in [3.05, 3.63) is 76.0 Å². The molecule has 0 saturated carbocycles. The molecule has 7 nitrogen and oxygen atoms in total. The Morgan fingerprint density at radius 1 is 1.13 bits per heavy atom. The third-order valence-corrected chi connectivity index (χ3v) is 5.59. The molecular weight excluding hydrogens is 378 g/mol. The molecule has 154 valence electrons. The SMILES string of the molecule is Cc1nc(-c2ncccn2)[nH]c(=O)c1CC(=O)N1CCCCC1Cc1ccccc1. The molecule has 1 fully saturated rings. The minimum atomic E-state index is -0.310. The number of piperidine rings is 1. The van der Waals surface area contributed by atoms with E-state index in [9.17, 15) is 9.59 Å². The van der Waals surface area contributed by atoms with E-state index >= 15 is 0 Å². The van der Waals surface area contributed by atoms with E-state index in [1.807, 2.05) is 23.1 Å². The number of amides is 1. The highest BCUT2D eigenvalue weighted by Crippen LogP contribution is 2.22. The zero-order valence-corrected chi connectivity index (χ0v) is 17.0. The van der Waals surface area contributed by atoms with Gasteiger partial charge < -0.3 is 9.88 Å². The first kappa shape index (κ1) is 19.9. The van der Waals surface area contributed by atoms with Gasteiger partial charge in [0.05, 0.1) is 6.42 Å². The second-order valence-electron chi connectivity index (χ2n) is 7.65. The van der Waals surface area contributed by atoms with Crippen molar-refractivity contribution in [1.29, 1.82) is 0 Å². The zero-order valence-electron chi connectivity index (χ0n) is 17.0. The molecule has 7 heteroatoms. The topological polar surface area (TPSA) is 91.8 Å². The molecule has 0 spiro atoms. The highest BCUT2D eigenvalue weighted by atomic mass is 16.2. The molecule has 1 aromatic carbocycles. The highest BCUT2D eigenvalue weighted by molar-refractivity contribution is 5.79. The van der Waals surface area contributed by atoms with Crippen molar-refractivity contribution in [2.24, 2.45) is 0 Å². The lowest BCUT2D eigenvalue weighted by Gasteiger charge is -2.36. The lowest BCUT2D eigenvalue weighted by Crippen LogP contribution is -2.46. The summed E-state index contributed by atoms with van der Waals surface area (Å²) in [5, 5.41) is 0. The van der Waals surface area contributed by atoms with Crippen LogP contribution in [0.5, 0.6) is 0 Å². The number of nitrogens with one attached hydrogen (secondary N) is 1. The van der Waals surface area contributed by atoms with Crippen LogP contribution in [0.3, 0.4) is 0 Å². The average Bonchev–Trinajstić information content (AvgIpc) is 2.77. The van der Waals surface area contributed by atoms with Gasteiger partial charge >= 0.3 is 0 Å². The minimum Gasteiger partial charge on any atom is -0.339 e. The molecule has 30 heavy (non-hydrogen) atoms. The van der Waals surface area contributed by atoms with Crippen LogP contribution in [0.25, 0.3) is 11.6 Å². The summed E-state index contributed by atoms with van der Waals surface area (Å²) in [5.41, 5.74) is 1.86. The number of hydrogen-bond acceptors (Lipinski definition) is 5. The molecule has 1 atom stereocenters. The number of hydrogen-bond donors (Lipinski definition) is 1. The predicted molar refractivity (Wildman–Crippen MR) is 114 cm³/mol. The molecule has 1 aliphatic rings. The summed E-state index contributed by atoms with van der Waals surface area (Å²) in [5.74, 6) is 0.651. The number of aromatic amines is 1. The molecule has 1 aliphatic heterocycles. The number of benzene rings is 1. The lowest BCUT2D eigenvalue weighted by atomic mass is 9.95. The average molecular weight is 403 g/mol. The van der Waals surface area contributed by atoms with E-state index in [4.69, 9.17) is 0 Å². The van der Waals surface area contributed by atoms with E-state index in [1.54, 1.807) is 25.4 Å². The van der Waals surface area contributed by atoms with Crippen molar-refractivity contribution < 1.29 is 4.79 Å². The summed E-state index contributed by atoms with van der Waals surface area (Å²) in [6, 6.07) is 12.1. The minimum absolute atomic E-state index is 0.0188. The zero-order chi connectivity index (χ0) is 20.9. The van der Waals surface area contributed by atoms with Crippen LogP contribution in [-0.2, 0) is 17.6 Å². The van der Waals surface area contributed by atoms with Crippen molar-refractivity contribution >= 4 is 5.91 Å². The Morgan fingerprint density at radius 2 is 1.90 bits per heavy atom. The lowest BCUT2D eigenvalue weighted by molar-refractivity contribution is -0.134. The molecule has 1 N–H and O–H groups in total. The van der Waals surface area contributed by atoms with Crippen LogP contribution in [0.15, 0.2) is 53.6 Å². The van der Waals surface area contributed by atoms with Gasteiger partial charge in [-0.15, -0.1) is 0 Å². The predicted octanol–water partition coefficient (Wildman–Crippen LogP) is 2.70. The molecule has 0 radical (unpaired) electrons. The van der Waals surface area contributed by atoms with Gasteiger partial charge in [-0.3, -0.25) is 9.59 Å². The third-order valence-electron chi connectivity index (χ3n) is 5.59. The van der Waals surface area contributed by atoms with Crippen molar-refractivity contribution in [2.75, 3.05) is 6.54 Å². The van der Waals surface area contributed by atoms with Crippen LogP contribution in [0, 0.1) is 6.92 Å². The second-order valence-corrected chi connectivity index (χ2v) is 7.65. The van der Waals surface area contributed by atoms with Crippen LogP contribution in [-0.4, -0.2) is 43.3 Å². The number of aryl methyl sites for hydroxylation is 1. The van der Waals surface area contributed by atoms with Crippen LogP contribution >= 0.6 is 0 Å². The van der Waals surface area contributed by atoms with E-state index in [0.717, 1.165) is 32.2 Å². The fourth-order valence-corrected chi connectivity index (χ4v) is 4.03. The number of likely N-dealkylation sites (tertiary alicyclic amines) is 1. The van der Waals surface area contributed by atoms with Gasteiger partial charge in [0.15, 0.2) is 11.6 Å². The Kier molecular flexibility index (Phi) is 5.97. The number of aromatic nitrogens is 4. The maximum Gasteiger partial charge on any atom is 0.255 e. The van der Waals surface area contributed by atoms with Crippen LogP contribution in [0.4, 0.5) is 0 Å². The first-order chi connectivity index (χ1) is 14.6.